The van der Waals surface area contributed by atoms with Gasteiger partial charge in [-0.25, -0.2) is 4.98 Å². The molecule has 0 bridgehead atoms. The van der Waals surface area contributed by atoms with E-state index in [1.165, 1.54) is 12.3 Å². The van der Waals surface area contributed by atoms with Crippen molar-refractivity contribution in [1.82, 2.24) is 9.55 Å². The topological polar surface area (TPSA) is 37.1 Å². The number of hydrogen-bond donors (Lipinski definition) is 0. The molecule has 0 fully saturated rings. The van der Waals surface area contributed by atoms with Gasteiger partial charge in [0, 0.05) is 42.6 Å². The Morgan fingerprint density at radius 3 is 2.48 bits per heavy atom. The van der Waals surface area contributed by atoms with E-state index in [0.29, 0.717) is 22.9 Å². The second-order valence-electron chi connectivity index (χ2n) is 10.2. The van der Waals surface area contributed by atoms with Gasteiger partial charge in [-0.1, -0.05) is 48.9 Å². The van der Waals surface area contributed by atoms with Crippen LogP contribution in [-0.2, 0) is 21.1 Å². The first-order valence-corrected chi connectivity index (χ1v) is 15.7. The monoisotopic (exact) mass is 726 g/mol. The standard InChI is InChI=1S/C33H28N4OSi.Pt/c1-23-18-19-34-33(20-23)36-29-13-6-5-12-27(29)28-17-16-26(22-32(28)36)39(3,4)25-11-9-10-24(21-25)37-31-15-8-7-14-30(31)35(2)38-37;/h5-20H,1-4H3;/q-2;/p+1/i1D3,2D3;. The second-order valence-corrected chi connectivity index (χ2v) is 14.5. The molecule has 3 heterocycles. The summed E-state index contributed by atoms with van der Waals surface area (Å²) >= 11 is 0. The summed E-state index contributed by atoms with van der Waals surface area (Å²) in [5, 5.41) is 6.75. The minimum Gasteiger partial charge on any atom is -0.319 e. The van der Waals surface area contributed by atoms with Crippen molar-refractivity contribution in [3.8, 4) is 5.82 Å². The number of hydroxylamine groups is 1. The quantitative estimate of drug-likeness (QED) is 0.121. The summed E-state index contributed by atoms with van der Waals surface area (Å²) in [6, 6.07) is 35.8. The van der Waals surface area contributed by atoms with E-state index in [4.69, 9.17) is 8.22 Å². The second kappa shape index (κ2) is 10.0. The smallest absolute Gasteiger partial charge is 0.145 e. The van der Waals surface area contributed by atoms with Crippen molar-refractivity contribution >= 4 is 57.3 Å². The van der Waals surface area contributed by atoms with E-state index < -0.39 is 21.9 Å². The van der Waals surface area contributed by atoms with Gasteiger partial charge in [0.15, 0.2) is 0 Å². The van der Waals surface area contributed by atoms with Crippen LogP contribution in [0.2, 0.25) is 13.1 Å². The first-order chi connectivity index (χ1) is 21.3. The average molecular weight is 727 g/mol. The Balaban J connectivity index is 0.00000372. The van der Waals surface area contributed by atoms with E-state index in [-0.39, 0.29) is 26.6 Å². The number of anilines is 3. The fraction of sp³-hybridized carbons (Fsp3) is 0.121. The number of fused-ring (bicyclic) bond motifs is 4. The maximum absolute atomic E-state index is 7.99. The Bertz CT molecular complexity index is 2100. The number of aryl methyl sites for hydroxylation is 1. The van der Waals surface area contributed by atoms with Crippen LogP contribution in [0, 0.1) is 19.0 Å². The van der Waals surface area contributed by atoms with Crippen LogP contribution in [0.3, 0.4) is 0 Å². The molecule has 5 nitrogen and oxygen atoms in total. The molecule has 1 aliphatic rings. The number of para-hydroxylation sites is 3. The van der Waals surface area contributed by atoms with Crippen LogP contribution in [0.25, 0.3) is 27.6 Å². The molecule has 1 aliphatic heterocycles. The molecule has 0 saturated heterocycles. The summed E-state index contributed by atoms with van der Waals surface area (Å²) in [5.41, 5.74) is 3.78. The largest absolute Gasteiger partial charge is 0.319 e. The van der Waals surface area contributed by atoms with Gasteiger partial charge in [0.05, 0.1) is 19.2 Å². The zero-order chi connectivity index (χ0) is 31.7. The van der Waals surface area contributed by atoms with Gasteiger partial charge < -0.3 is 4.57 Å². The molecule has 6 aromatic rings. The molecule has 202 valence electrons. The fourth-order valence-electron chi connectivity index (χ4n) is 5.31. The molecule has 0 amide bonds. The number of aromatic nitrogens is 2. The Morgan fingerprint density at radius 2 is 1.62 bits per heavy atom. The van der Waals surface area contributed by atoms with Crippen LogP contribution in [0.1, 0.15) is 13.8 Å². The molecule has 0 atom stereocenters. The SMILES string of the molecule is [2H]C([2H])([2H])c1ccnc(-n2c3[c-]c([Si](C)(C)c4[c-]c(N5[OH+]N(C([2H])([2H])[2H])c6ccccc65)ccc4)ccc3c3ccccc32)c1.[Pt]. The minimum atomic E-state index is -2.44. The van der Waals surface area contributed by atoms with Gasteiger partial charge in [0.2, 0.25) is 0 Å². The van der Waals surface area contributed by atoms with Gasteiger partial charge in [-0.15, -0.1) is 21.6 Å². The summed E-state index contributed by atoms with van der Waals surface area (Å²) in [5.74, 6) is 0.518. The molecule has 0 radical (unpaired) electrons. The van der Waals surface area contributed by atoms with Crippen molar-refractivity contribution in [2.24, 2.45) is 0 Å². The molecule has 7 rings (SSSR count). The summed E-state index contributed by atoms with van der Waals surface area (Å²) in [6.07, 6.45) is 1.54. The number of benzene rings is 4. The molecule has 7 heteroatoms. The molecule has 0 unspecified atom stereocenters. The van der Waals surface area contributed by atoms with Gasteiger partial charge in [0.25, 0.3) is 0 Å². The number of rotatable bonds is 4. The minimum absolute atomic E-state index is 0. The predicted octanol–water partition coefficient (Wildman–Crippen LogP) is 6.34. The Morgan fingerprint density at radius 1 is 0.825 bits per heavy atom. The van der Waals surface area contributed by atoms with Crippen LogP contribution < -0.4 is 20.5 Å². The van der Waals surface area contributed by atoms with Gasteiger partial charge in [-0.3, -0.25) is 0 Å². The summed E-state index contributed by atoms with van der Waals surface area (Å²) in [7, 11) is -2.44. The maximum Gasteiger partial charge on any atom is 0.145 e. The van der Waals surface area contributed by atoms with Gasteiger partial charge in [-0.05, 0) is 48.1 Å². The fourth-order valence-corrected chi connectivity index (χ4v) is 7.49. The molecule has 4 aromatic carbocycles. The number of nitrogens with zero attached hydrogens (tertiary/aromatic N) is 4. The van der Waals surface area contributed by atoms with Crippen LogP contribution in [0.4, 0.5) is 17.1 Å². The zero-order valence-electron chi connectivity index (χ0n) is 27.8. The third-order valence-corrected chi connectivity index (χ3v) is 10.7. The summed E-state index contributed by atoms with van der Waals surface area (Å²) < 4.78 is 49.8. The first-order valence-electron chi connectivity index (χ1n) is 15.7. The molecular weight excluding hydrogens is 692 g/mol. The Labute approximate surface area is 258 Å². The normalized spacial score (nSPS) is 15.9. The van der Waals surface area contributed by atoms with Gasteiger partial charge >= 0.3 is 0 Å². The van der Waals surface area contributed by atoms with Crippen LogP contribution in [0.5, 0.6) is 0 Å². The van der Waals surface area contributed by atoms with Crippen LogP contribution in [0.15, 0.2) is 97.2 Å². The molecule has 0 saturated carbocycles. The van der Waals surface area contributed by atoms with Gasteiger partial charge in [0.1, 0.15) is 17.2 Å². The van der Waals surface area contributed by atoms with Crippen molar-refractivity contribution in [1.29, 1.82) is 0 Å². The molecular formula is C33H29N4OPtSi-. The average Bonchev–Trinajstić information content (AvgIpc) is 3.57. The van der Waals surface area contributed by atoms with Crippen molar-refractivity contribution < 1.29 is 34.2 Å². The number of hydrogen-bond acceptors (Lipinski definition) is 3. The van der Waals surface area contributed by atoms with E-state index in [9.17, 15) is 0 Å². The third-order valence-electron chi connectivity index (χ3n) is 7.43. The summed E-state index contributed by atoms with van der Waals surface area (Å²) in [4.78, 5) is 9.04. The Hall–Kier alpha value is -3.70. The van der Waals surface area contributed by atoms with Crippen molar-refractivity contribution in [3.63, 3.8) is 0 Å². The van der Waals surface area contributed by atoms with E-state index in [1.54, 1.807) is 23.3 Å². The molecule has 2 aromatic heterocycles. The predicted molar refractivity (Wildman–Crippen MR) is 163 cm³/mol. The zero-order valence-corrected chi connectivity index (χ0v) is 25.1. The van der Waals surface area contributed by atoms with Crippen molar-refractivity contribution in [2.45, 2.75) is 19.9 Å². The third kappa shape index (κ3) is 4.19. The number of pyridine rings is 1. The van der Waals surface area contributed by atoms with Crippen molar-refractivity contribution in [3.05, 3.63) is 115 Å². The molecule has 1 N–H and O–H groups in total. The maximum atomic E-state index is 7.99. The van der Waals surface area contributed by atoms with E-state index in [0.717, 1.165) is 37.2 Å². The first kappa shape index (κ1) is 20.2. The van der Waals surface area contributed by atoms with Gasteiger partial charge in [-0.2, -0.15) is 51.7 Å². The molecule has 0 spiro atoms. The molecule has 0 aliphatic carbocycles. The summed E-state index contributed by atoms with van der Waals surface area (Å²) in [6.45, 7) is -0.240. The molecule has 40 heavy (non-hydrogen) atoms. The Kier molecular flexibility index (Phi) is 5.07. The van der Waals surface area contributed by atoms with Crippen molar-refractivity contribution in [2.75, 3.05) is 17.1 Å². The van der Waals surface area contributed by atoms with E-state index in [1.807, 2.05) is 53.1 Å². The van der Waals surface area contributed by atoms with E-state index >= 15 is 0 Å². The van der Waals surface area contributed by atoms with Crippen LogP contribution >= 0.6 is 0 Å². The van der Waals surface area contributed by atoms with Crippen LogP contribution in [-0.4, -0.2) is 29.5 Å². The van der Waals surface area contributed by atoms with E-state index in [2.05, 4.69) is 53.3 Å².